The maximum absolute atomic E-state index is 13.2. The van der Waals surface area contributed by atoms with E-state index in [-0.39, 0.29) is 23.6 Å². The van der Waals surface area contributed by atoms with E-state index in [4.69, 9.17) is 15.2 Å². The summed E-state index contributed by atoms with van der Waals surface area (Å²) < 4.78 is 25.0. The molecule has 4 rings (SSSR count). The predicted octanol–water partition coefficient (Wildman–Crippen LogP) is 2.42. The molecule has 1 saturated heterocycles. The van der Waals surface area contributed by atoms with Crippen molar-refractivity contribution in [3.8, 4) is 5.75 Å². The normalized spacial score (nSPS) is 35.9. The van der Waals surface area contributed by atoms with Gasteiger partial charge in [-0.2, -0.15) is 0 Å². The molecule has 1 aromatic carbocycles. The third-order valence-electron chi connectivity index (χ3n) is 4.85. The van der Waals surface area contributed by atoms with Crippen molar-refractivity contribution in [2.75, 3.05) is 6.61 Å². The highest BCUT2D eigenvalue weighted by atomic mass is 19.1. The number of ether oxygens (including phenoxy) is 2. The first-order valence-electron chi connectivity index (χ1n) is 7.50. The van der Waals surface area contributed by atoms with Gasteiger partial charge in [-0.15, -0.1) is 0 Å². The summed E-state index contributed by atoms with van der Waals surface area (Å²) in [5.74, 6) is 1.25. The molecule has 1 aromatic rings. The third kappa shape index (κ3) is 2.11. The minimum Gasteiger partial charge on any atom is -0.490 e. The Hall–Kier alpha value is -1.13. The molecular formula is C16H20FNO2. The fourth-order valence-corrected chi connectivity index (χ4v) is 3.73. The van der Waals surface area contributed by atoms with E-state index in [0.717, 1.165) is 37.2 Å². The van der Waals surface area contributed by atoms with Crippen molar-refractivity contribution in [3.63, 3.8) is 0 Å². The van der Waals surface area contributed by atoms with Crippen LogP contribution in [-0.4, -0.2) is 24.4 Å². The van der Waals surface area contributed by atoms with Gasteiger partial charge in [0.15, 0.2) is 0 Å². The molecule has 0 bridgehead atoms. The molecule has 0 spiro atoms. The van der Waals surface area contributed by atoms with E-state index in [1.807, 2.05) is 0 Å². The van der Waals surface area contributed by atoms with Crippen molar-refractivity contribution in [2.24, 2.45) is 11.7 Å². The van der Waals surface area contributed by atoms with Gasteiger partial charge in [-0.25, -0.2) is 4.39 Å². The highest BCUT2D eigenvalue weighted by Gasteiger charge is 2.50. The summed E-state index contributed by atoms with van der Waals surface area (Å²) in [7, 11) is 0. The van der Waals surface area contributed by atoms with Crippen LogP contribution in [0, 0.1) is 11.7 Å². The van der Waals surface area contributed by atoms with Crippen LogP contribution in [0.1, 0.15) is 31.2 Å². The molecule has 1 aliphatic carbocycles. The Kier molecular flexibility index (Phi) is 2.79. The summed E-state index contributed by atoms with van der Waals surface area (Å²) in [6.07, 6.45) is 5.17. The molecule has 20 heavy (non-hydrogen) atoms. The van der Waals surface area contributed by atoms with Crippen LogP contribution in [0.2, 0.25) is 0 Å². The van der Waals surface area contributed by atoms with Gasteiger partial charge in [0, 0.05) is 30.6 Å². The molecule has 2 fully saturated rings. The van der Waals surface area contributed by atoms with Gasteiger partial charge in [0.25, 0.3) is 0 Å². The molecule has 3 unspecified atom stereocenters. The van der Waals surface area contributed by atoms with E-state index in [1.165, 1.54) is 18.9 Å². The van der Waals surface area contributed by atoms with E-state index < -0.39 is 0 Å². The number of hydrogen-bond acceptors (Lipinski definition) is 3. The number of halogens is 1. The lowest BCUT2D eigenvalue weighted by molar-refractivity contribution is 0.0477. The van der Waals surface area contributed by atoms with Crippen molar-refractivity contribution in [2.45, 2.75) is 49.9 Å². The van der Waals surface area contributed by atoms with E-state index >= 15 is 0 Å². The quantitative estimate of drug-likeness (QED) is 0.922. The van der Waals surface area contributed by atoms with Gasteiger partial charge in [0.1, 0.15) is 17.7 Å². The monoisotopic (exact) mass is 277 g/mol. The zero-order valence-electron chi connectivity index (χ0n) is 11.5. The Balaban J connectivity index is 1.48. The molecular weight excluding hydrogens is 257 g/mol. The van der Waals surface area contributed by atoms with Gasteiger partial charge >= 0.3 is 0 Å². The molecule has 4 heteroatoms. The standard InChI is InChI=1S/C16H20FNO2/c17-12-3-4-14-11(7-12)8-13(20-14)9-16(18)5-6-19-15(16)10-1-2-10/h3-4,7,10,13,15H,1-2,5-6,8-9,18H2. The molecule has 0 aromatic heterocycles. The minimum atomic E-state index is -0.271. The second-order valence-corrected chi connectivity index (χ2v) is 6.51. The molecule has 1 saturated carbocycles. The smallest absolute Gasteiger partial charge is 0.123 e. The van der Waals surface area contributed by atoms with Crippen molar-refractivity contribution >= 4 is 0 Å². The lowest BCUT2D eigenvalue weighted by Gasteiger charge is -2.32. The van der Waals surface area contributed by atoms with Crippen LogP contribution in [0.3, 0.4) is 0 Å². The Morgan fingerprint density at radius 2 is 2.20 bits per heavy atom. The zero-order valence-corrected chi connectivity index (χ0v) is 11.5. The summed E-state index contributed by atoms with van der Waals surface area (Å²) in [5, 5.41) is 0. The maximum atomic E-state index is 13.2. The Morgan fingerprint density at radius 1 is 1.35 bits per heavy atom. The molecule has 2 aliphatic heterocycles. The van der Waals surface area contributed by atoms with Gasteiger partial charge in [-0.05, 0) is 43.4 Å². The fraction of sp³-hybridized carbons (Fsp3) is 0.625. The van der Waals surface area contributed by atoms with Crippen LogP contribution in [-0.2, 0) is 11.2 Å². The number of rotatable bonds is 3. The van der Waals surface area contributed by atoms with Crippen molar-refractivity contribution in [3.05, 3.63) is 29.6 Å². The SMILES string of the molecule is NC1(CC2Cc3cc(F)ccc3O2)CCOC1C1CC1. The van der Waals surface area contributed by atoms with E-state index in [1.54, 1.807) is 12.1 Å². The summed E-state index contributed by atoms with van der Waals surface area (Å²) in [4.78, 5) is 0. The second kappa shape index (κ2) is 4.43. The summed E-state index contributed by atoms with van der Waals surface area (Å²) in [6, 6.07) is 4.74. The van der Waals surface area contributed by atoms with Gasteiger partial charge < -0.3 is 15.2 Å². The highest BCUT2D eigenvalue weighted by Crippen LogP contribution is 2.45. The number of fused-ring (bicyclic) bond motifs is 1. The third-order valence-corrected chi connectivity index (χ3v) is 4.85. The molecule has 0 amide bonds. The van der Waals surface area contributed by atoms with Crippen molar-refractivity contribution in [1.82, 2.24) is 0 Å². The molecule has 2 N–H and O–H groups in total. The van der Waals surface area contributed by atoms with Gasteiger partial charge in [0.05, 0.1) is 6.10 Å². The van der Waals surface area contributed by atoms with Crippen LogP contribution in [0.25, 0.3) is 0 Å². The Morgan fingerprint density at radius 3 is 3.00 bits per heavy atom. The molecule has 3 atom stereocenters. The molecule has 3 aliphatic rings. The lowest BCUT2D eigenvalue weighted by Crippen LogP contribution is -2.51. The van der Waals surface area contributed by atoms with Crippen LogP contribution < -0.4 is 10.5 Å². The Labute approximate surface area is 118 Å². The van der Waals surface area contributed by atoms with Crippen molar-refractivity contribution in [1.29, 1.82) is 0 Å². The first-order valence-corrected chi connectivity index (χ1v) is 7.50. The molecule has 2 heterocycles. The summed E-state index contributed by atoms with van der Waals surface area (Å²) in [5.41, 5.74) is 7.30. The van der Waals surface area contributed by atoms with Gasteiger partial charge in [0.2, 0.25) is 0 Å². The number of benzene rings is 1. The largest absolute Gasteiger partial charge is 0.490 e. The minimum absolute atomic E-state index is 0.0553. The molecule has 3 nitrogen and oxygen atoms in total. The summed E-state index contributed by atoms with van der Waals surface area (Å²) in [6.45, 7) is 0.756. The fourth-order valence-electron chi connectivity index (χ4n) is 3.73. The molecule has 108 valence electrons. The van der Waals surface area contributed by atoms with Gasteiger partial charge in [-0.3, -0.25) is 0 Å². The molecule has 0 radical (unpaired) electrons. The Bertz CT molecular complexity index is 531. The van der Waals surface area contributed by atoms with E-state index in [9.17, 15) is 4.39 Å². The average molecular weight is 277 g/mol. The van der Waals surface area contributed by atoms with E-state index in [0.29, 0.717) is 5.92 Å². The van der Waals surface area contributed by atoms with E-state index in [2.05, 4.69) is 0 Å². The van der Waals surface area contributed by atoms with Gasteiger partial charge in [-0.1, -0.05) is 0 Å². The van der Waals surface area contributed by atoms with Crippen LogP contribution in [0.15, 0.2) is 18.2 Å². The lowest BCUT2D eigenvalue weighted by atomic mass is 9.83. The first-order chi connectivity index (χ1) is 9.64. The average Bonchev–Trinajstić information content (AvgIpc) is 3.06. The highest BCUT2D eigenvalue weighted by molar-refractivity contribution is 5.38. The maximum Gasteiger partial charge on any atom is 0.123 e. The summed E-state index contributed by atoms with van der Waals surface area (Å²) >= 11 is 0. The second-order valence-electron chi connectivity index (χ2n) is 6.51. The zero-order chi connectivity index (χ0) is 13.7. The van der Waals surface area contributed by atoms with Crippen LogP contribution in [0.5, 0.6) is 5.75 Å². The van der Waals surface area contributed by atoms with Crippen LogP contribution in [0.4, 0.5) is 4.39 Å². The number of nitrogens with two attached hydrogens (primary N) is 1. The van der Waals surface area contributed by atoms with Crippen LogP contribution >= 0.6 is 0 Å². The van der Waals surface area contributed by atoms with Crippen molar-refractivity contribution < 1.29 is 13.9 Å². The predicted molar refractivity (Wildman–Crippen MR) is 73.1 cm³/mol. The number of hydrogen-bond donors (Lipinski definition) is 1. The topological polar surface area (TPSA) is 44.5 Å². The first kappa shape index (κ1) is 12.6.